The molecule has 0 radical (unpaired) electrons. The second kappa shape index (κ2) is 6.38. The Morgan fingerprint density at radius 2 is 2.00 bits per heavy atom. The minimum absolute atomic E-state index is 0.295. The van der Waals surface area contributed by atoms with Crippen LogP contribution in [0.1, 0.15) is 26.7 Å². The summed E-state index contributed by atoms with van der Waals surface area (Å²) in [5, 5.41) is 8.88. The second-order valence-electron chi connectivity index (χ2n) is 4.21. The number of rotatable bonds is 4. The van der Waals surface area contributed by atoms with Gasteiger partial charge in [-0.1, -0.05) is 6.92 Å². The third-order valence-electron chi connectivity index (χ3n) is 3.25. The molecular weight excluding hydrogens is 176 g/mol. The SMILES string of the molecule is CCC(C)N1CCCN(CCO)CC1. The number of aliphatic hydroxyl groups excluding tert-OH is 1. The summed E-state index contributed by atoms with van der Waals surface area (Å²) in [6, 6.07) is 0.712. The van der Waals surface area contributed by atoms with Crippen molar-refractivity contribution in [1.29, 1.82) is 0 Å². The minimum atomic E-state index is 0.295. The Balaban J connectivity index is 2.32. The van der Waals surface area contributed by atoms with E-state index in [1.807, 2.05) is 0 Å². The van der Waals surface area contributed by atoms with Crippen LogP contribution in [0.3, 0.4) is 0 Å². The first kappa shape index (κ1) is 12.0. The lowest BCUT2D eigenvalue weighted by Gasteiger charge is -2.26. The van der Waals surface area contributed by atoms with Crippen molar-refractivity contribution in [2.45, 2.75) is 32.7 Å². The first-order valence-electron chi connectivity index (χ1n) is 5.85. The van der Waals surface area contributed by atoms with Crippen LogP contribution in [0.2, 0.25) is 0 Å². The van der Waals surface area contributed by atoms with Gasteiger partial charge in [-0.3, -0.25) is 9.80 Å². The number of aliphatic hydroxyl groups is 1. The van der Waals surface area contributed by atoms with E-state index in [1.54, 1.807) is 0 Å². The maximum absolute atomic E-state index is 8.88. The Hall–Kier alpha value is -0.120. The fourth-order valence-corrected chi connectivity index (χ4v) is 2.05. The van der Waals surface area contributed by atoms with Crippen molar-refractivity contribution >= 4 is 0 Å². The van der Waals surface area contributed by atoms with Gasteiger partial charge in [0.25, 0.3) is 0 Å². The summed E-state index contributed by atoms with van der Waals surface area (Å²) in [5.74, 6) is 0. The van der Waals surface area contributed by atoms with Crippen LogP contribution in [0.4, 0.5) is 0 Å². The molecule has 14 heavy (non-hydrogen) atoms. The molecule has 1 heterocycles. The highest BCUT2D eigenvalue weighted by Gasteiger charge is 2.17. The van der Waals surface area contributed by atoms with Crippen LogP contribution < -0.4 is 0 Å². The van der Waals surface area contributed by atoms with Crippen molar-refractivity contribution in [3.05, 3.63) is 0 Å². The summed E-state index contributed by atoms with van der Waals surface area (Å²) < 4.78 is 0. The number of hydrogen-bond acceptors (Lipinski definition) is 3. The summed E-state index contributed by atoms with van der Waals surface area (Å²) in [4.78, 5) is 4.93. The molecule has 0 aromatic carbocycles. The van der Waals surface area contributed by atoms with Gasteiger partial charge in [-0.25, -0.2) is 0 Å². The fraction of sp³-hybridized carbons (Fsp3) is 1.00. The molecule has 3 heteroatoms. The average Bonchev–Trinajstić information content (AvgIpc) is 2.43. The molecule has 0 saturated carbocycles. The third-order valence-corrected chi connectivity index (χ3v) is 3.25. The van der Waals surface area contributed by atoms with Gasteiger partial charge >= 0.3 is 0 Å². The largest absolute Gasteiger partial charge is 0.395 e. The molecule has 0 aromatic heterocycles. The maximum Gasteiger partial charge on any atom is 0.0558 e. The van der Waals surface area contributed by atoms with Gasteiger partial charge in [0.15, 0.2) is 0 Å². The first-order valence-corrected chi connectivity index (χ1v) is 5.85. The Labute approximate surface area is 87.7 Å². The molecule has 0 amide bonds. The Morgan fingerprint density at radius 1 is 1.21 bits per heavy atom. The normalized spacial score (nSPS) is 23.4. The fourth-order valence-electron chi connectivity index (χ4n) is 2.05. The van der Waals surface area contributed by atoms with E-state index in [1.165, 1.54) is 19.4 Å². The van der Waals surface area contributed by atoms with Crippen LogP contribution >= 0.6 is 0 Å². The van der Waals surface area contributed by atoms with Gasteiger partial charge < -0.3 is 5.11 Å². The van der Waals surface area contributed by atoms with E-state index in [0.29, 0.717) is 12.6 Å². The van der Waals surface area contributed by atoms with Crippen LogP contribution in [0.25, 0.3) is 0 Å². The molecule has 1 aliphatic heterocycles. The quantitative estimate of drug-likeness (QED) is 0.726. The van der Waals surface area contributed by atoms with E-state index < -0.39 is 0 Å². The summed E-state index contributed by atoms with van der Waals surface area (Å²) in [6.45, 7) is 10.3. The van der Waals surface area contributed by atoms with E-state index in [2.05, 4.69) is 23.6 Å². The molecule has 84 valence electrons. The summed E-state index contributed by atoms with van der Waals surface area (Å²) in [7, 11) is 0. The summed E-state index contributed by atoms with van der Waals surface area (Å²) >= 11 is 0. The summed E-state index contributed by atoms with van der Waals surface area (Å²) in [6.07, 6.45) is 2.48. The van der Waals surface area contributed by atoms with Gasteiger partial charge in [0.1, 0.15) is 0 Å². The lowest BCUT2D eigenvalue weighted by Crippen LogP contribution is -2.36. The van der Waals surface area contributed by atoms with E-state index >= 15 is 0 Å². The number of β-amino-alcohol motifs (C(OH)–C–C–N with tert-alkyl or cyclic N) is 1. The van der Waals surface area contributed by atoms with Crippen LogP contribution in [0.5, 0.6) is 0 Å². The Bertz CT molecular complexity index is 152. The molecule has 0 bridgehead atoms. The van der Waals surface area contributed by atoms with Crippen LogP contribution in [0.15, 0.2) is 0 Å². The second-order valence-corrected chi connectivity index (χ2v) is 4.21. The maximum atomic E-state index is 8.88. The molecule has 3 nitrogen and oxygen atoms in total. The molecular formula is C11H24N2O. The topological polar surface area (TPSA) is 26.7 Å². The van der Waals surface area contributed by atoms with E-state index in [-0.39, 0.29) is 0 Å². The third kappa shape index (κ3) is 3.56. The molecule has 1 atom stereocenters. The minimum Gasteiger partial charge on any atom is -0.395 e. The number of nitrogens with zero attached hydrogens (tertiary/aromatic N) is 2. The Kier molecular flexibility index (Phi) is 5.45. The highest BCUT2D eigenvalue weighted by Crippen LogP contribution is 2.08. The predicted molar refractivity (Wildman–Crippen MR) is 59.5 cm³/mol. The van der Waals surface area contributed by atoms with Crippen molar-refractivity contribution in [3.63, 3.8) is 0 Å². The van der Waals surface area contributed by atoms with Gasteiger partial charge in [0.05, 0.1) is 6.61 Å². The molecule has 1 fully saturated rings. The zero-order valence-corrected chi connectivity index (χ0v) is 9.58. The van der Waals surface area contributed by atoms with E-state index in [4.69, 9.17) is 5.11 Å². The van der Waals surface area contributed by atoms with Crippen molar-refractivity contribution in [2.75, 3.05) is 39.3 Å². The summed E-state index contributed by atoms with van der Waals surface area (Å²) in [5.41, 5.74) is 0. The van der Waals surface area contributed by atoms with Crippen molar-refractivity contribution < 1.29 is 5.11 Å². The smallest absolute Gasteiger partial charge is 0.0558 e. The lowest BCUT2D eigenvalue weighted by atomic mass is 10.2. The van der Waals surface area contributed by atoms with E-state index in [9.17, 15) is 0 Å². The zero-order chi connectivity index (χ0) is 10.4. The monoisotopic (exact) mass is 200 g/mol. The molecule has 1 unspecified atom stereocenters. The molecule has 0 spiro atoms. The molecule has 0 aliphatic carbocycles. The molecule has 1 N–H and O–H groups in total. The van der Waals surface area contributed by atoms with Crippen LogP contribution in [-0.2, 0) is 0 Å². The molecule has 1 saturated heterocycles. The average molecular weight is 200 g/mol. The van der Waals surface area contributed by atoms with Crippen LogP contribution in [0, 0.1) is 0 Å². The van der Waals surface area contributed by atoms with Crippen molar-refractivity contribution in [3.8, 4) is 0 Å². The van der Waals surface area contributed by atoms with Gasteiger partial charge in [0, 0.05) is 25.7 Å². The number of hydrogen-bond donors (Lipinski definition) is 1. The van der Waals surface area contributed by atoms with Crippen molar-refractivity contribution in [2.24, 2.45) is 0 Å². The van der Waals surface area contributed by atoms with Gasteiger partial charge in [0.2, 0.25) is 0 Å². The molecule has 1 rings (SSSR count). The van der Waals surface area contributed by atoms with Gasteiger partial charge in [-0.15, -0.1) is 0 Å². The van der Waals surface area contributed by atoms with E-state index in [0.717, 1.165) is 26.2 Å². The first-order chi connectivity index (χ1) is 6.77. The predicted octanol–water partition coefficient (Wildman–Crippen LogP) is 0.785. The van der Waals surface area contributed by atoms with Gasteiger partial charge in [-0.05, 0) is 32.9 Å². The molecule has 0 aromatic rings. The van der Waals surface area contributed by atoms with Crippen molar-refractivity contribution in [1.82, 2.24) is 9.80 Å². The highest BCUT2D eigenvalue weighted by molar-refractivity contribution is 4.73. The lowest BCUT2D eigenvalue weighted by molar-refractivity contribution is 0.183. The molecule has 1 aliphatic rings. The van der Waals surface area contributed by atoms with Crippen LogP contribution in [-0.4, -0.2) is 60.3 Å². The van der Waals surface area contributed by atoms with Gasteiger partial charge in [-0.2, -0.15) is 0 Å². The standard InChI is InChI=1S/C11H24N2O/c1-3-11(2)13-6-4-5-12(7-8-13)9-10-14/h11,14H,3-10H2,1-2H3. The zero-order valence-electron chi connectivity index (χ0n) is 9.58. The highest BCUT2D eigenvalue weighted by atomic mass is 16.3. The Morgan fingerprint density at radius 3 is 2.64 bits per heavy atom.